The van der Waals surface area contributed by atoms with Crippen molar-refractivity contribution in [1.82, 2.24) is 0 Å². The Kier molecular flexibility index (Phi) is 3.87. The van der Waals surface area contributed by atoms with Crippen LogP contribution in [0.4, 0.5) is 17.6 Å². The average Bonchev–Trinajstić information content (AvgIpc) is 1.98. The molecule has 0 aliphatic rings. The molecule has 86 valence electrons. The fraction of sp³-hybridized carbons (Fsp3) is 1.00. The number of halogens is 4. The number of aliphatic hydroxyl groups is 1. The Labute approximate surface area is 77.3 Å². The van der Waals surface area contributed by atoms with Gasteiger partial charge in [0.05, 0.1) is 0 Å². The van der Waals surface area contributed by atoms with Crippen LogP contribution in [0.1, 0.15) is 12.8 Å². The largest absolute Gasteiger partial charge is 0.743 e. The van der Waals surface area contributed by atoms with Crippen LogP contribution in [0.2, 0.25) is 0 Å². The van der Waals surface area contributed by atoms with Crippen LogP contribution in [0.3, 0.4) is 0 Å². The molecule has 1 N–H and O–H groups in total. The highest BCUT2D eigenvalue weighted by Gasteiger charge is 2.60. The Morgan fingerprint density at radius 3 is 1.93 bits per heavy atom. The van der Waals surface area contributed by atoms with Gasteiger partial charge in [0.15, 0.2) is 10.1 Å². The van der Waals surface area contributed by atoms with Crippen LogP contribution in [-0.2, 0) is 10.1 Å². The number of rotatable bonds is 5. The highest BCUT2D eigenvalue weighted by atomic mass is 32.2. The normalized spacial score (nSPS) is 14.4. The van der Waals surface area contributed by atoms with Crippen molar-refractivity contribution in [3.63, 3.8) is 0 Å². The second-order valence-corrected chi connectivity index (χ2v) is 3.92. The molecule has 0 aromatic carbocycles. The topological polar surface area (TPSA) is 77.4 Å². The highest BCUT2D eigenvalue weighted by Crippen LogP contribution is 2.41. The molecular formula is C5H7F4O4S-. The zero-order chi connectivity index (χ0) is 11.6. The Morgan fingerprint density at radius 1 is 1.21 bits per heavy atom. The van der Waals surface area contributed by atoms with Gasteiger partial charge in [-0.25, -0.2) is 8.42 Å². The summed E-state index contributed by atoms with van der Waals surface area (Å²) in [5, 5.41) is 2.45. The molecule has 14 heavy (non-hydrogen) atoms. The molecule has 4 nitrogen and oxygen atoms in total. The van der Waals surface area contributed by atoms with E-state index >= 15 is 0 Å². The first kappa shape index (κ1) is 13.6. The van der Waals surface area contributed by atoms with E-state index in [1.54, 1.807) is 0 Å². The second-order valence-electron chi connectivity index (χ2n) is 2.50. The van der Waals surface area contributed by atoms with Gasteiger partial charge in [0.2, 0.25) is 0 Å². The zero-order valence-electron chi connectivity index (χ0n) is 6.71. The predicted octanol–water partition coefficient (Wildman–Crippen LogP) is 0.532. The highest BCUT2D eigenvalue weighted by molar-refractivity contribution is 7.86. The molecule has 0 amide bonds. The minimum Gasteiger partial charge on any atom is -0.743 e. The lowest BCUT2D eigenvalue weighted by atomic mass is 10.2. The van der Waals surface area contributed by atoms with Gasteiger partial charge in [-0.05, 0) is 6.42 Å². The first-order valence-electron chi connectivity index (χ1n) is 3.38. The van der Waals surface area contributed by atoms with Gasteiger partial charge in [0.25, 0.3) is 0 Å². The third kappa shape index (κ3) is 2.55. The summed E-state index contributed by atoms with van der Waals surface area (Å²) in [5.74, 6) is -4.96. The smallest absolute Gasteiger partial charge is 0.396 e. The summed E-state index contributed by atoms with van der Waals surface area (Å²) in [7, 11) is -6.41. The molecule has 0 spiro atoms. The van der Waals surface area contributed by atoms with E-state index in [4.69, 9.17) is 5.11 Å². The standard InChI is InChI=1S/C5H8F4O4S/c6-4(7,2-1-3-10)5(8,9)14(11,12)13/h10H,1-3H2,(H,11,12,13)/p-1. The molecule has 0 heterocycles. The van der Waals surface area contributed by atoms with E-state index < -0.39 is 40.7 Å². The summed E-state index contributed by atoms with van der Waals surface area (Å²) in [5.41, 5.74) is 0. The maximum atomic E-state index is 12.4. The monoisotopic (exact) mass is 239 g/mol. The molecule has 0 fully saturated rings. The van der Waals surface area contributed by atoms with Crippen molar-refractivity contribution in [3.05, 3.63) is 0 Å². The van der Waals surface area contributed by atoms with Gasteiger partial charge in [-0.3, -0.25) is 0 Å². The Morgan fingerprint density at radius 2 is 1.64 bits per heavy atom. The number of hydrogen-bond donors (Lipinski definition) is 1. The van der Waals surface area contributed by atoms with Crippen molar-refractivity contribution in [2.75, 3.05) is 6.61 Å². The molecule has 0 rings (SSSR count). The Bertz CT molecular complexity index is 286. The van der Waals surface area contributed by atoms with Crippen LogP contribution >= 0.6 is 0 Å². The molecule has 0 aliphatic carbocycles. The van der Waals surface area contributed by atoms with Gasteiger partial charge in [-0.15, -0.1) is 0 Å². The van der Waals surface area contributed by atoms with Gasteiger partial charge in [0, 0.05) is 13.0 Å². The van der Waals surface area contributed by atoms with Crippen molar-refractivity contribution >= 4 is 10.1 Å². The fourth-order valence-electron chi connectivity index (χ4n) is 0.629. The molecule has 0 aliphatic heterocycles. The van der Waals surface area contributed by atoms with Crippen molar-refractivity contribution in [3.8, 4) is 0 Å². The lowest BCUT2D eigenvalue weighted by molar-refractivity contribution is -0.165. The van der Waals surface area contributed by atoms with Crippen LogP contribution in [0.25, 0.3) is 0 Å². The van der Waals surface area contributed by atoms with Gasteiger partial charge < -0.3 is 9.66 Å². The summed E-state index contributed by atoms with van der Waals surface area (Å²) >= 11 is 0. The first-order chi connectivity index (χ1) is 6.06. The van der Waals surface area contributed by atoms with Crippen LogP contribution in [0.5, 0.6) is 0 Å². The maximum absolute atomic E-state index is 12.4. The number of aliphatic hydroxyl groups excluding tert-OH is 1. The zero-order valence-corrected chi connectivity index (χ0v) is 7.53. The molecule has 0 bridgehead atoms. The van der Waals surface area contributed by atoms with E-state index in [1.165, 1.54) is 0 Å². The molecular weight excluding hydrogens is 232 g/mol. The SMILES string of the molecule is O=S(=O)([O-])C(F)(F)C(F)(F)CCCO. The lowest BCUT2D eigenvalue weighted by Crippen LogP contribution is -2.46. The van der Waals surface area contributed by atoms with Crippen molar-refractivity contribution < 1.29 is 35.6 Å². The van der Waals surface area contributed by atoms with E-state index in [2.05, 4.69) is 0 Å². The minimum absolute atomic E-state index is 0.724. The first-order valence-corrected chi connectivity index (χ1v) is 4.79. The summed E-state index contributed by atoms with van der Waals surface area (Å²) < 4.78 is 78.9. The molecule has 0 saturated heterocycles. The second kappa shape index (κ2) is 3.99. The van der Waals surface area contributed by atoms with E-state index in [1.807, 2.05) is 0 Å². The van der Waals surface area contributed by atoms with E-state index in [-0.39, 0.29) is 0 Å². The Hall–Kier alpha value is -0.410. The molecule has 0 aromatic heterocycles. The van der Waals surface area contributed by atoms with Crippen molar-refractivity contribution in [1.29, 1.82) is 0 Å². The van der Waals surface area contributed by atoms with Gasteiger partial charge in [-0.2, -0.15) is 17.6 Å². The minimum atomic E-state index is -6.41. The molecule has 0 atom stereocenters. The van der Waals surface area contributed by atoms with Gasteiger partial charge in [-0.1, -0.05) is 0 Å². The molecule has 0 saturated carbocycles. The summed E-state index contributed by atoms with van der Waals surface area (Å²) in [6.07, 6.45) is -2.30. The average molecular weight is 239 g/mol. The summed E-state index contributed by atoms with van der Waals surface area (Å²) in [4.78, 5) is 0. The number of hydrogen-bond acceptors (Lipinski definition) is 4. The van der Waals surface area contributed by atoms with Crippen molar-refractivity contribution in [2.45, 2.75) is 24.0 Å². The quantitative estimate of drug-likeness (QED) is 0.560. The molecule has 0 radical (unpaired) electrons. The van der Waals surface area contributed by atoms with Crippen molar-refractivity contribution in [2.24, 2.45) is 0 Å². The number of alkyl halides is 4. The molecule has 0 aromatic rings. The maximum Gasteiger partial charge on any atom is 0.396 e. The third-order valence-electron chi connectivity index (χ3n) is 1.39. The van der Waals surface area contributed by atoms with Crippen LogP contribution in [-0.4, -0.2) is 35.9 Å². The fourth-order valence-corrected chi connectivity index (χ4v) is 1.10. The van der Waals surface area contributed by atoms with Crippen LogP contribution in [0, 0.1) is 0 Å². The van der Waals surface area contributed by atoms with Gasteiger partial charge in [0.1, 0.15) is 0 Å². The lowest BCUT2D eigenvalue weighted by Gasteiger charge is -2.28. The summed E-state index contributed by atoms with van der Waals surface area (Å²) in [6, 6.07) is 0. The van der Waals surface area contributed by atoms with Crippen LogP contribution < -0.4 is 0 Å². The molecule has 9 heteroatoms. The van der Waals surface area contributed by atoms with E-state index in [0.717, 1.165) is 0 Å². The third-order valence-corrected chi connectivity index (χ3v) is 2.32. The summed E-state index contributed by atoms with van der Waals surface area (Å²) in [6.45, 7) is -0.801. The van der Waals surface area contributed by atoms with E-state index in [9.17, 15) is 30.5 Å². The van der Waals surface area contributed by atoms with Gasteiger partial charge >= 0.3 is 11.2 Å². The predicted molar refractivity (Wildman–Crippen MR) is 35.9 cm³/mol. The molecule has 0 unspecified atom stereocenters. The van der Waals surface area contributed by atoms with Crippen LogP contribution in [0.15, 0.2) is 0 Å². The van der Waals surface area contributed by atoms with E-state index in [0.29, 0.717) is 0 Å². The Balaban J connectivity index is 4.88.